The molecule has 0 amide bonds. The van der Waals surface area contributed by atoms with Crippen LogP contribution in [0.2, 0.25) is 0 Å². The molecule has 0 N–H and O–H groups in total. The number of hydrogen-bond acceptors (Lipinski definition) is 2. The fourth-order valence-electron chi connectivity index (χ4n) is 0.536. The van der Waals surface area contributed by atoms with Crippen LogP contribution in [0, 0.1) is 0 Å². The molecule has 62 valence electrons. The maximum atomic E-state index is 4.31. The molecular formula is C8H18S2. The summed E-state index contributed by atoms with van der Waals surface area (Å²) >= 11 is 6.33. The van der Waals surface area contributed by atoms with Gasteiger partial charge < -0.3 is 0 Å². The highest BCUT2D eigenvalue weighted by molar-refractivity contribution is 8.00. The van der Waals surface area contributed by atoms with E-state index in [1.54, 1.807) is 0 Å². The highest BCUT2D eigenvalue weighted by atomic mass is 32.2. The van der Waals surface area contributed by atoms with E-state index in [1.165, 1.54) is 12.2 Å². The van der Waals surface area contributed by atoms with E-state index in [0.717, 1.165) is 0 Å². The first-order chi connectivity index (χ1) is 4.42. The molecule has 0 aromatic carbocycles. The van der Waals surface area contributed by atoms with Crippen LogP contribution in [0.3, 0.4) is 0 Å². The summed E-state index contributed by atoms with van der Waals surface area (Å²) in [5, 5.41) is 0.551. The Kier molecular flexibility index (Phi) is 4.87. The van der Waals surface area contributed by atoms with Crippen molar-refractivity contribution in [3.63, 3.8) is 0 Å². The second-order valence-corrected chi connectivity index (χ2v) is 6.40. The number of thioether (sulfide) groups is 1. The summed E-state index contributed by atoms with van der Waals surface area (Å²) in [7, 11) is 0. The lowest BCUT2D eigenvalue weighted by molar-refractivity contribution is 0.796. The van der Waals surface area contributed by atoms with Gasteiger partial charge in [0.1, 0.15) is 0 Å². The van der Waals surface area contributed by atoms with Crippen molar-refractivity contribution in [3.05, 3.63) is 0 Å². The average Bonchev–Trinajstić information content (AvgIpc) is 1.59. The lowest BCUT2D eigenvalue weighted by Crippen LogP contribution is -2.09. The highest BCUT2D eigenvalue weighted by Gasteiger charge is 2.09. The Morgan fingerprint density at radius 1 is 1.40 bits per heavy atom. The summed E-state index contributed by atoms with van der Waals surface area (Å²) in [6, 6.07) is 0. The van der Waals surface area contributed by atoms with E-state index < -0.39 is 0 Å². The number of thiol groups is 1. The van der Waals surface area contributed by atoms with Crippen LogP contribution in [0.5, 0.6) is 0 Å². The zero-order valence-corrected chi connectivity index (χ0v) is 9.06. The van der Waals surface area contributed by atoms with Crippen molar-refractivity contribution in [3.8, 4) is 0 Å². The zero-order valence-electron chi connectivity index (χ0n) is 7.35. The molecule has 0 aromatic heterocycles. The molecule has 1 unspecified atom stereocenters. The van der Waals surface area contributed by atoms with Crippen molar-refractivity contribution in [1.29, 1.82) is 0 Å². The lowest BCUT2D eigenvalue weighted by atomic mass is 10.3. The lowest BCUT2D eigenvalue weighted by Gasteiger charge is -2.17. The molecule has 0 aliphatic rings. The van der Waals surface area contributed by atoms with Crippen molar-refractivity contribution in [1.82, 2.24) is 0 Å². The Morgan fingerprint density at radius 2 is 1.90 bits per heavy atom. The summed E-state index contributed by atoms with van der Waals surface area (Å²) in [5.74, 6) is 1.23. The molecule has 0 aromatic rings. The molecule has 0 radical (unpaired) electrons. The molecule has 10 heavy (non-hydrogen) atoms. The molecule has 0 saturated heterocycles. The summed E-state index contributed by atoms with van der Waals surface area (Å²) in [6.45, 7) is 8.90. The molecule has 2 heteroatoms. The van der Waals surface area contributed by atoms with Crippen LogP contribution in [-0.4, -0.2) is 15.7 Å². The van der Waals surface area contributed by atoms with Gasteiger partial charge in [-0.2, -0.15) is 24.4 Å². The largest absolute Gasteiger partial charge is 0.176 e. The predicted octanol–water partition coefficient (Wildman–Crippen LogP) is 3.23. The Bertz CT molecular complexity index is 81.7. The minimum absolute atomic E-state index is 0.419. The third kappa shape index (κ3) is 8.70. The SMILES string of the molecule is CC(S)CCSC(C)(C)C. The maximum Gasteiger partial charge on any atom is 0.00751 e. The highest BCUT2D eigenvalue weighted by Crippen LogP contribution is 2.24. The van der Waals surface area contributed by atoms with E-state index in [9.17, 15) is 0 Å². The van der Waals surface area contributed by atoms with Gasteiger partial charge in [0.05, 0.1) is 0 Å². The van der Waals surface area contributed by atoms with Crippen molar-refractivity contribution in [2.75, 3.05) is 5.75 Å². The minimum Gasteiger partial charge on any atom is -0.176 e. The summed E-state index contributed by atoms with van der Waals surface area (Å²) in [5.41, 5.74) is 0. The van der Waals surface area contributed by atoms with E-state index in [4.69, 9.17) is 0 Å². The summed E-state index contributed by atoms with van der Waals surface area (Å²) in [6.07, 6.45) is 1.21. The topological polar surface area (TPSA) is 0 Å². The molecule has 1 atom stereocenters. The van der Waals surface area contributed by atoms with E-state index in [1.807, 2.05) is 11.8 Å². The molecule has 0 nitrogen and oxygen atoms in total. The minimum atomic E-state index is 0.419. The smallest absolute Gasteiger partial charge is 0.00751 e. The van der Waals surface area contributed by atoms with Crippen molar-refractivity contribution in [2.24, 2.45) is 0 Å². The van der Waals surface area contributed by atoms with Gasteiger partial charge in [-0.1, -0.05) is 27.7 Å². The van der Waals surface area contributed by atoms with Gasteiger partial charge in [0.25, 0.3) is 0 Å². The van der Waals surface area contributed by atoms with Gasteiger partial charge in [0, 0.05) is 4.75 Å². The first-order valence-electron chi connectivity index (χ1n) is 3.74. The van der Waals surface area contributed by atoms with E-state index in [2.05, 4.69) is 40.3 Å². The molecule has 0 rings (SSSR count). The zero-order chi connectivity index (χ0) is 8.20. The molecule has 0 aliphatic heterocycles. The number of rotatable bonds is 3. The summed E-state index contributed by atoms with van der Waals surface area (Å²) < 4.78 is 0.419. The Hall–Kier alpha value is 0.700. The molecule has 0 spiro atoms. The van der Waals surface area contributed by atoms with Gasteiger partial charge in [0.15, 0.2) is 0 Å². The van der Waals surface area contributed by atoms with Crippen molar-refractivity contribution >= 4 is 24.4 Å². The molecular weight excluding hydrogens is 160 g/mol. The maximum absolute atomic E-state index is 4.31. The standard InChI is InChI=1S/C8H18S2/c1-7(9)5-6-10-8(2,3)4/h7,9H,5-6H2,1-4H3. The van der Waals surface area contributed by atoms with Gasteiger partial charge in [-0.15, -0.1) is 0 Å². The Labute approximate surface area is 74.6 Å². The van der Waals surface area contributed by atoms with Crippen molar-refractivity contribution in [2.45, 2.75) is 44.1 Å². The molecule has 0 heterocycles. The number of hydrogen-bond donors (Lipinski definition) is 1. The Balaban J connectivity index is 3.21. The van der Waals surface area contributed by atoms with Crippen molar-refractivity contribution < 1.29 is 0 Å². The van der Waals surface area contributed by atoms with Gasteiger partial charge in [-0.3, -0.25) is 0 Å². The van der Waals surface area contributed by atoms with Crippen LogP contribution in [-0.2, 0) is 0 Å². The third-order valence-electron chi connectivity index (χ3n) is 1.07. The van der Waals surface area contributed by atoms with Crippen LogP contribution >= 0.6 is 24.4 Å². The van der Waals surface area contributed by atoms with Crippen LogP contribution in [0.15, 0.2) is 0 Å². The predicted molar refractivity (Wildman–Crippen MR) is 55.3 cm³/mol. The normalized spacial score (nSPS) is 15.3. The molecule has 0 saturated carbocycles. The van der Waals surface area contributed by atoms with Crippen LogP contribution in [0.25, 0.3) is 0 Å². The Morgan fingerprint density at radius 3 is 2.20 bits per heavy atom. The molecule has 0 aliphatic carbocycles. The molecule has 0 bridgehead atoms. The quantitative estimate of drug-likeness (QED) is 0.647. The second kappa shape index (κ2) is 4.55. The van der Waals surface area contributed by atoms with Crippen LogP contribution in [0.4, 0.5) is 0 Å². The third-order valence-corrected chi connectivity index (χ3v) is 2.63. The first kappa shape index (κ1) is 10.7. The monoisotopic (exact) mass is 178 g/mol. The van der Waals surface area contributed by atoms with Gasteiger partial charge in [0.2, 0.25) is 0 Å². The van der Waals surface area contributed by atoms with E-state index in [-0.39, 0.29) is 0 Å². The molecule has 0 fully saturated rings. The summed E-state index contributed by atoms with van der Waals surface area (Å²) in [4.78, 5) is 0. The van der Waals surface area contributed by atoms with Gasteiger partial charge in [-0.05, 0) is 17.4 Å². The van der Waals surface area contributed by atoms with E-state index in [0.29, 0.717) is 10.00 Å². The second-order valence-electron chi connectivity index (χ2n) is 3.60. The van der Waals surface area contributed by atoms with Crippen LogP contribution in [0.1, 0.15) is 34.1 Å². The first-order valence-corrected chi connectivity index (χ1v) is 5.24. The van der Waals surface area contributed by atoms with Gasteiger partial charge >= 0.3 is 0 Å². The fraction of sp³-hybridized carbons (Fsp3) is 1.00. The fourth-order valence-corrected chi connectivity index (χ4v) is 1.92. The van der Waals surface area contributed by atoms with Gasteiger partial charge in [-0.25, -0.2) is 0 Å². The van der Waals surface area contributed by atoms with E-state index >= 15 is 0 Å². The van der Waals surface area contributed by atoms with Crippen LogP contribution < -0.4 is 0 Å². The average molecular weight is 178 g/mol.